The molecule has 0 N–H and O–H groups in total. The van der Waals surface area contributed by atoms with Crippen LogP contribution in [0.2, 0.25) is 0 Å². The van der Waals surface area contributed by atoms with Gasteiger partial charge in [0.15, 0.2) is 11.5 Å². The summed E-state index contributed by atoms with van der Waals surface area (Å²) in [5.74, 6) is 1.76. The lowest BCUT2D eigenvalue weighted by Gasteiger charge is -2.30. The summed E-state index contributed by atoms with van der Waals surface area (Å²) in [5.41, 5.74) is 13.9. The van der Waals surface area contributed by atoms with Crippen LogP contribution in [0.1, 0.15) is 30.5 Å². The summed E-state index contributed by atoms with van der Waals surface area (Å²) in [6.45, 7) is 6.93. The quantitative estimate of drug-likeness (QED) is 0.189. The summed E-state index contributed by atoms with van der Waals surface area (Å²) in [6.07, 6.45) is 0. The highest BCUT2D eigenvalue weighted by Gasteiger charge is 2.37. The van der Waals surface area contributed by atoms with Gasteiger partial charge in [0, 0.05) is 12.5 Å². The molecule has 0 fully saturated rings. The summed E-state index contributed by atoms with van der Waals surface area (Å²) in [6, 6.07) is 46.7. The van der Waals surface area contributed by atoms with Crippen molar-refractivity contribution in [2.45, 2.75) is 26.2 Å². The van der Waals surface area contributed by atoms with Gasteiger partial charge in [-0.1, -0.05) is 123 Å². The van der Waals surface area contributed by atoms with E-state index >= 15 is 0 Å². The summed E-state index contributed by atoms with van der Waals surface area (Å²) in [4.78, 5) is 2.24. The van der Waals surface area contributed by atoms with Crippen LogP contribution in [0.15, 0.2) is 127 Å². The molecule has 216 valence electrons. The fourth-order valence-electron chi connectivity index (χ4n) is 7.95. The standard InChI is InChI=1S/C43H33NO/c1-26-20-22-30-33(24-26)41(32-15-11-17-35-42(32)31-14-7-8-16-34(31)43(35,2)3)29-13-6-5-12-28(29)40(30)27-21-23-39-37(25-27)44(4)36-18-9-10-19-38(36)45-39/h5-25H,1-4H3. The van der Waals surface area contributed by atoms with Crippen LogP contribution in [0.4, 0.5) is 11.4 Å². The fraction of sp³-hybridized carbons (Fsp3) is 0.116. The number of anilines is 2. The van der Waals surface area contributed by atoms with Gasteiger partial charge in [0.1, 0.15) is 0 Å². The normalized spacial score (nSPS) is 14.1. The molecule has 0 unspecified atom stereocenters. The molecule has 0 atom stereocenters. The van der Waals surface area contributed by atoms with Crippen molar-refractivity contribution >= 4 is 32.9 Å². The summed E-state index contributed by atoms with van der Waals surface area (Å²) in [5, 5.41) is 5.07. The van der Waals surface area contributed by atoms with Crippen LogP contribution in [0.25, 0.3) is 54.9 Å². The van der Waals surface area contributed by atoms with Gasteiger partial charge in [-0.15, -0.1) is 0 Å². The first-order valence-electron chi connectivity index (χ1n) is 15.8. The average Bonchev–Trinajstić information content (AvgIpc) is 3.30. The molecule has 9 rings (SSSR count). The van der Waals surface area contributed by atoms with Crippen LogP contribution in [-0.4, -0.2) is 7.05 Å². The highest BCUT2D eigenvalue weighted by molar-refractivity contribution is 6.23. The Balaban J connectivity index is 1.36. The molecular weight excluding hydrogens is 546 g/mol. The van der Waals surface area contributed by atoms with Crippen molar-refractivity contribution in [1.29, 1.82) is 0 Å². The van der Waals surface area contributed by atoms with Crippen LogP contribution in [0.3, 0.4) is 0 Å². The maximum absolute atomic E-state index is 6.35. The molecule has 0 radical (unpaired) electrons. The van der Waals surface area contributed by atoms with Gasteiger partial charge < -0.3 is 9.64 Å². The molecule has 0 bridgehead atoms. The Kier molecular flexibility index (Phi) is 5.41. The van der Waals surface area contributed by atoms with E-state index in [-0.39, 0.29) is 5.41 Å². The molecule has 7 aromatic carbocycles. The Morgan fingerprint density at radius 3 is 2.04 bits per heavy atom. The van der Waals surface area contributed by atoms with E-state index in [2.05, 4.69) is 148 Å². The van der Waals surface area contributed by atoms with Gasteiger partial charge in [-0.2, -0.15) is 0 Å². The van der Waals surface area contributed by atoms with Crippen LogP contribution in [0, 0.1) is 6.92 Å². The zero-order chi connectivity index (χ0) is 30.4. The highest BCUT2D eigenvalue weighted by atomic mass is 16.5. The van der Waals surface area contributed by atoms with E-state index in [1.54, 1.807) is 0 Å². The number of benzene rings is 7. The molecular formula is C43H33NO. The third-order valence-electron chi connectivity index (χ3n) is 10.1. The van der Waals surface area contributed by atoms with E-state index in [1.807, 2.05) is 12.1 Å². The van der Waals surface area contributed by atoms with Crippen molar-refractivity contribution in [3.8, 4) is 44.9 Å². The number of rotatable bonds is 2. The molecule has 1 aliphatic heterocycles. The second kappa shape index (κ2) is 9.33. The number of para-hydroxylation sites is 2. The second-order valence-electron chi connectivity index (χ2n) is 13.1. The Bertz CT molecular complexity index is 2360. The zero-order valence-electron chi connectivity index (χ0n) is 26.0. The highest BCUT2D eigenvalue weighted by Crippen LogP contribution is 2.55. The van der Waals surface area contributed by atoms with Crippen molar-refractivity contribution in [3.05, 3.63) is 144 Å². The van der Waals surface area contributed by atoms with E-state index in [0.717, 1.165) is 22.9 Å². The number of ether oxygens (including phenoxy) is 1. The van der Waals surface area contributed by atoms with Crippen LogP contribution < -0.4 is 9.64 Å². The Morgan fingerprint density at radius 1 is 0.511 bits per heavy atom. The van der Waals surface area contributed by atoms with Gasteiger partial charge in [-0.3, -0.25) is 0 Å². The summed E-state index contributed by atoms with van der Waals surface area (Å²) >= 11 is 0. The molecule has 45 heavy (non-hydrogen) atoms. The van der Waals surface area contributed by atoms with Crippen molar-refractivity contribution in [2.75, 3.05) is 11.9 Å². The summed E-state index contributed by atoms with van der Waals surface area (Å²) in [7, 11) is 2.13. The van der Waals surface area contributed by atoms with Crippen molar-refractivity contribution in [3.63, 3.8) is 0 Å². The topological polar surface area (TPSA) is 12.5 Å². The monoisotopic (exact) mass is 579 g/mol. The Hall–Kier alpha value is -5.34. The number of hydrogen-bond acceptors (Lipinski definition) is 2. The van der Waals surface area contributed by atoms with Crippen molar-refractivity contribution in [2.24, 2.45) is 0 Å². The van der Waals surface area contributed by atoms with Gasteiger partial charge in [-0.25, -0.2) is 0 Å². The third kappa shape index (κ3) is 3.63. The first-order valence-corrected chi connectivity index (χ1v) is 15.8. The molecule has 2 aliphatic rings. The van der Waals surface area contributed by atoms with Crippen molar-refractivity contribution < 1.29 is 4.74 Å². The molecule has 0 saturated carbocycles. The van der Waals surface area contributed by atoms with Crippen LogP contribution >= 0.6 is 0 Å². The van der Waals surface area contributed by atoms with E-state index in [9.17, 15) is 0 Å². The van der Waals surface area contributed by atoms with Crippen LogP contribution in [-0.2, 0) is 5.41 Å². The van der Waals surface area contributed by atoms with Gasteiger partial charge >= 0.3 is 0 Å². The lowest BCUT2D eigenvalue weighted by atomic mass is 9.80. The van der Waals surface area contributed by atoms with E-state index < -0.39 is 0 Å². The first kappa shape index (κ1) is 26.1. The molecule has 0 saturated heterocycles. The maximum atomic E-state index is 6.35. The van der Waals surface area contributed by atoms with E-state index in [1.165, 1.54) is 71.6 Å². The van der Waals surface area contributed by atoms with E-state index in [4.69, 9.17) is 4.74 Å². The van der Waals surface area contributed by atoms with E-state index in [0.29, 0.717) is 0 Å². The number of nitrogens with zero attached hydrogens (tertiary/aromatic N) is 1. The zero-order valence-corrected chi connectivity index (χ0v) is 26.0. The largest absolute Gasteiger partial charge is 0.453 e. The third-order valence-corrected chi connectivity index (χ3v) is 10.1. The average molecular weight is 580 g/mol. The number of fused-ring (bicyclic) bond motifs is 7. The van der Waals surface area contributed by atoms with Crippen LogP contribution in [0.5, 0.6) is 11.5 Å². The molecule has 1 heterocycles. The molecule has 0 spiro atoms. The second-order valence-corrected chi connectivity index (χ2v) is 13.1. The molecule has 0 amide bonds. The predicted molar refractivity (Wildman–Crippen MR) is 189 cm³/mol. The molecule has 7 aromatic rings. The van der Waals surface area contributed by atoms with Gasteiger partial charge in [-0.05, 0) is 97.2 Å². The summed E-state index contributed by atoms with van der Waals surface area (Å²) < 4.78 is 6.35. The maximum Gasteiger partial charge on any atom is 0.151 e. The lowest BCUT2D eigenvalue weighted by molar-refractivity contribution is 0.475. The minimum absolute atomic E-state index is 0.0563. The molecule has 2 heteroatoms. The predicted octanol–water partition coefficient (Wildman–Crippen LogP) is 11.8. The molecule has 0 aromatic heterocycles. The fourth-order valence-corrected chi connectivity index (χ4v) is 7.95. The Labute approximate surface area is 264 Å². The number of aryl methyl sites for hydroxylation is 1. The van der Waals surface area contributed by atoms with Gasteiger partial charge in [0.25, 0.3) is 0 Å². The van der Waals surface area contributed by atoms with Gasteiger partial charge in [0.2, 0.25) is 0 Å². The van der Waals surface area contributed by atoms with Gasteiger partial charge in [0.05, 0.1) is 11.4 Å². The number of hydrogen-bond donors (Lipinski definition) is 0. The Morgan fingerprint density at radius 2 is 1.18 bits per heavy atom. The minimum atomic E-state index is -0.0563. The molecule has 1 aliphatic carbocycles. The minimum Gasteiger partial charge on any atom is -0.453 e. The SMILES string of the molecule is Cc1ccc2c(-c3ccc4c(c3)N(C)c3ccccc3O4)c3ccccc3c(-c3cccc4c3-c3ccccc3C4(C)C)c2c1. The molecule has 2 nitrogen and oxygen atoms in total. The smallest absolute Gasteiger partial charge is 0.151 e. The first-order chi connectivity index (χ1) is 21.9. The van der Waals surface area contributed by atoms with Crippen molar-refractivity contribution in [1.82, 2.24) is 0 Å². The lowest BCUT2D eigenvalue weighted by Crippen LogP contribution is -2.15.